The monoisotopic (exact) mass is 428 g/mol. The number of carboxylic acid groups (broad SMARTS) is 1. The van der Waals surface area contributed by atoms with Gasteiger partial charge in [-0.05, 0) is 108 Å². The highest BCUT2D eigenvalue weighted by molar-refractivity contribution is 6.04. The number of benzene rings is 3. The minimum atomic E-state index is -0.918. The molecule has 164 valence electrons. The summed E-state index contributed by atoms with van der Waals surface area (Å²) >= 11 is 0. The Morgan fingerprint density at radius 3 is 2.25 bits per heavy atom. The second kappa shape index (κ2) is 6.99. The lowest BCUT2D eigenvalue weighted by atomic mass is 9.48. The van der Waals surface area contributed by atoms with Crippen LogP contribution in [-0.2, 0) is 5.41 Å². The third-order valence-electron chi connectivity index (χ3n) is 8.35. The van der Waals surface area contributed by atoms with Gasteiger partial charge in [-0.2, -0.15) is 0 Å². The first-order valence-electron chi connectivity index (χ1n) is 11.6. The fourth-order valence-electron chi connectivity index (χ4n) is 7.42. The third kappa shape index (κ3) is 2.92. The van der Waals surface area contributed by atoms with Crippen molar-refractivity contribution < 1.29 is 19.7 Å². The summed E-state index contributed by atoms with van der Waals surface area (Å²) in [4.78, 5) is 11.6. The van der Waals surface area contributed by atoms with E-state index in [2.05, 4.69) is 6.07 Å². The van der Waals surface area contributed by atoms with E-state index in [0.29, 0.717) is 17.1 Å². The van der Waals surface area contributed by atoms with Gasteiger partial charge in [0.1, 0.15) is 0 Å². The SMILES string of the molecule is COc1cc(-c2ccc3c(C(=O)O)cccc3c2)cc(C23CC4CC(CC(C4)C2)C3)c1O. The predicted octanol–water partition coefficient (Wildman–Crippen LogP) is 6.39. The Morgan fingerprint density at radius 2 is 1.62 bits per heavy atom. The number of phenols is 1. The molecule has 7 rings (SSSR count). The van der Waals surface area contributed by atoms with E-state index in [4.69, 9.17) is 4.74 Å². The summed E-state index contributed by atoms with van der Waals surface area (Å²) in [6.45, 7) is 0. The van der Waals surface area contributed by atoms with Crippen LogP contribution in [0.3, 0.4) is 0 Å². The zero-order valence-corrected chi connectivity index (χ0v) is 18.3. The summed E-state index contributed by atoms with van der Waals surface area (Å²) < 4.78 is 5.62. The van der Waals surface area contributed by atoms with Crippen LogP contribution in [0.15, 0.2) is 48.5 Å². The smallest absolute Gasteiger partial charge is 0.336 e. The lowest BCUT2D eigenvalue weighted by Crippen LogP contribution is -2.48. The number of fused-ring (bicyclic) bond motifs is 1. The van der Waals surface area contributed by atoms with Gasteiger partial charge >= 0.3 is 5.97 Å². The summed E-state index contributed by atoms with van der Waals surface area (Å²) in [6, 6.07) is 15.4. The number of methoxy groups -OCH3 is 1. The van der Waals surface area contributed by atoms with E-state index in [-0.39, 0.29) is 5.41 Å². The van der Waals surface area contributed by atoms with E-state index in [1.807, 2.05) is 30.3 Å². The zero-order valence-electron chi connectivity index (χ0n) is 18.3. The predicted molar refractivity (Wildman–Crippen MR) is 124 cm³/mol. The molecule has 0 spiro atoms. The molecule has 4 fully saturated rings. The van der Waals surface area contributed by atoms with Gasteiger partial charge in [-0.25, -0.2) is 4.79 Å². The van der Waals surface area contributed by atoms with Gasteiger partial charge in [0.15, 0.2) is 11.5 Å². The molecule has 4 saturated carbocycles. The van der Waals surface area contributed by atoms with Gasteiger partial charge in [0, 0.05) is 5.56 Å². The molecular weight excluding hydrogens is 400 g/mol. The molecule has 0 aliphatic heterocycles. The normalized spacial score (nSPS) is 28.2. The maximum absolute atomic E-state index is 11.6. The molecule has 0 radical (unpaired) electrons. The molecule has 4 nitrogen and oxygen atoms in total. The molecule has 0 aromatic heterocycles. The average Bonchev–Trinajstić information content (AvgIpc) is 2.77. The standard InChI is InChI=1S/C28H28O4/c1-32-25-12-21(19-5-6-22-20(10-19)3-2-4-23(22)27(30)31)11-24(26(25)29)28-13-16-7-17(14-28)9-18(8-16)15-28/h2-6,10-12,16-18,29H,7-9,13-15H2,1H3,(H,30,31). The Labute approximate surface area is 187 Å². The molecule has 0 heterocycles. The van der Waals surface area contributed by atoms with Crippen molar-refractivity contribution in [2.75, 3.05) is 7.11 Å². The average molecular weight is 429 g/mol. The van der Waals surface area contributed by atoms with Crippen molar-refractivity contribution in [2.24, 2.45) is 17.8 Å². The fourth-order valence-corrected chi connectivity index (χ4v) is 7.42. The molecule has 4 aliphatic carbocycles. The van der Waals surface area contributed by atoms with E-state index in [1.54, 1.807) is 19.2 Å². The summed E-state index contributed by atoms with van der Waals surface area (Å²) in [5.41, 5.74) is 3.42. The van der Waals surface area contributed by atoms with Crippen LogP contribution in [0.1, 0.15) is 54.4 Å². The number of rotatable bonds is 4. The van der Waals surface area contributed by atoms with Crippen molar-refractivity contribution in [1.82, 2.24) is 0 Å². The van der Waals surface area contributed by atoms with E-state index in [1.165, 1.54) is 38.5 Å². The second-order valence-corrected chi connectivity index (χ2v) is 10.3. The first kappa shape index (κ1) is 19.7. The number of aromatic carboxylic acids is 1. The number of carboxylic acids is 1. The quantitative estimate of drug-likeness (QED) is 0.505. The van der Waals surface area contributed by atoms with Crippen molar-refractivity contribution in [2.45, 2.75) is 43.9 Å². The van der Waals surface area contributed by atoms with Crippen LogP contribution >= 0.6 is 0 Å². The van der Waals surface area contributed by atoms with Crippen molar-refractivity contribution in [3.63, 3.8) is 0 Å². The van der Waals surface area contributed by atoms with Gasteiger partial charge in [0.05, 0.1) is 12.7 Å². The summed E-state index contributed by atoms with van der Waals surface area (Å²) in [5.74, 6) is 2.25. The lowest BCUT2D eigenvalue weighted by Gasteiger charge is -2.57. The van der Waals surface area contributed by atoms with Crippen molar-refractivity contribution in [3.8, 4) is 22.6 Å². The molecule has 4 aliphatic rings. The molecular formula is C28H28O4. The second-order valence-electron chi connectivity index (χ2n) is 10.3. The highest BCUT2D eigenvalue weighted by atomic mass is 16.5. The first-order chi connectivity index (χ1) is 15.5. The van der Waals surface area contributed by atoms with Gasteiger partial charge in [-0.1, -0.05) is 24.3 Å². The highest BCUT2D eigenvalue weighted by Gasteiger charge is 2.52. The molecule has 0 amide bonds. The molecule has 4 bridgehead atoms. The Bertz CT molecular complexity index is 1210. The van der Waals surface area contributed by atoms with Gasteiger partial charge in [0.25, 0.3) is 0 Å². The van der Waals surface area contributed by atoms with E-state index >= 15 is 0 Å². The van der Waals surface area contributed by atoms with Crippen LogP contribution in [0.25, 0.3) is 21.9 Å². The maximum atomic E-state index is 11.6. The van der Waals surface area contributed by atoms with Crippen LogP contribution in [0.5, 0.6) is 11.5 Å². The number of phenolic OH excluding ortho intramolecular Hbond substituents is 1. The topological polar surface area (TPSA) is 66.8 Å². The molecule has 32 heavy (non-hydrogen) atoms. The van der Waals surface area contributed by atoms with E-state index in [0.717, 1.165) is 45.2 Å². The number of hydrogen-bond donors (Lipinski definition) is 2. The minimum absolute atomic E-state index is 0.0510. The maximum Gasteiger partial charge on any atom is 0.336 e. The van der Waals surface area contributed by atoms with Crippen molar-refractivity contribution >= 4 is 16.7 Å². The molecule has 2 N–H and O–H groups in total. The van der Waals surface area contributed by atoms with Crippen LogP contribution in [0.4, 0.5) is 0 Å². The molecule has 4 heteroatoms. The van der Waals surface area contributed by atoms with Crippen LogP contribution in [-0.4, -0.2) is 23.3 Å². The number of aromatic hydroxyl groups is 1. The number of hydrogen-bond acceptors (Lipinski definition) is 3. The fraction of sp³-hybridized carbons (Fsp3) is 0.393. The van der Waals surface area contributed by atoms with Crippen molar-refractivity contribution in [3.05, 3.63) is 59.7 Å². The van der Waals surface area contributed by atoms with Gasteiger partial charge < -0.3 is 14.9 Å². The molecule has 0 saturated heterocycles. The molecule has 3 aromatic carbocycles. The van der Waals surface area contributed by atoms with Gasteiger partial charge in [-0.15, -0.1) is 0 Å². The first-order valence-corrected chi connectivity index (χ1v) is 11.6. The van der Waals surface area contributed by atoms with Crippen LogP contribution in [0, 0.1) is 17.8 Å². The summed E-state index contributed by atoms with van der Waals surface area (Å²) in [7, 11) is 1.61. The largest absolute Gasteiger partial charge is 0.504 e. The lowest BCUT2D eigenvalue weighted by molar-refractivity contribution is -0.00624. The van der Waals surface area contributed by atoms with Crippen molar-refractivity contribution in [1.29, 1.82) is 0 Å². The Kier molecular flexibility index (Phi) is 4.30. The summed E-state index contributed by atoms with van der Waals surface area (Å²) in [6.07, 6.45) is 7.56. The summed E-state index contributed by atoms with van der Waals surface area (Å²) in [5, 5.41) is 22.3. The highest BCUT2D eigenvalue weighted by Crippen LogP contribution is 2.62. The minimum Gasteiger partial charge on any atom is -0.504 e. The zero-order chi connectivity index (χ0) is 22.0. The van der Waals surface area contributed by atoms with E-state index < -0.39 is 5.97 Å². The van der Waals surface area contributed by atoms with E-state index in [9.17, 15) is 15.0 Å². The molecule has 0 unspecified atom stereocenters. The number of ether oxygens (including phenoxy) is 1. The third-order valence-corrected chi connectivity index (χ3v) is 8.35. The van der Waals surface area contributed by atoms with Crippen LogP contribution in [0.2, 0.25) is 0 Å². The Morgan fingerprint density at radius 1 is 0.938 bits per heavy atom. The molecule has 0 atom stereocenters. The van der Waals surface area contributed by atoms with Crippen LogP contribution < -0.4 is 4.74 Å². The van der Waals surface area contributed by atoms with Gasteiger partial charge in [0.2, 0.25) is 0 Å². The molecule has 3 aromatic rings. The Balaban J connectivity index is 1.49. The number of carbonyl (C=O) groups is 1. The van der Waals surface area contributed by atoms with Gasteiger partial charge in [-0.3, -0.25) is 0 Å². The Hall–Kier alpha value is -3.01.